The molecular weight excluding hydrogens is 777 g/mol. The molecule has 0 aliphatic heterocycles. The molecule has 0 aliphatic rings. The van der Waals surface area contributed by atoms with Crippen molar-refractivity contribution in [2.45, 2.75) is 259 Å². The second-order valence-electron chi connectivity index (χ2n) is 19.9. The molecule has 4 heteroatoms. The van der Waals surface area contributed by atoms with E-state index in [9.17, 15) is 0 Å². The molecule has 4 nitrogen and oxygen atoms in total. The predicted molar refractivity (Wildman–Crippen MR) is 278 cm³/mol. The number of hydrogen-bond donors (Lipinski definition) is 0. The zero-order valence-corrected chi connectivity index (χ0v) is 42.2. The standard InChI is InChI=1S/C60H96N4/c1-5-9-13-17-21-23-25-27-31-35-47-61-51-63(55-43-39-53(40-44-55)37-33-29-19-15-11-7-3)59-50-60-58(49-57(59)61)62(48-36-32-28-26-24-22-18-14-10-6-2)52-64(60)56-45-41-54(42-46-56)38-34-30-20-16-12-8-4/h39-46,49-52H,5-38,47-48H2,1-4H3/q+2. The number of hydrogen-bond acceptors (Lipinski definition) is 0. The molecule has 0 N–H and O–H groups in total. The van der Waals surface area contributed by atoms with Crippen LogP contribution in [0, 0.1) is 0 Å². The Kier molecular flexibility index (Phi) is 25.4. The number of rotatable bonds is 38. The van der Waals surface area contributed by atoms with Crippen molar-refractivity contribution in [2.24, 2.45) is 0 Å². The summed E-state index contributed by atoms with van der Waals surface area (Å²) in [5, 5.41) is 0. The Bertz CT molecular complexity index is 1790. The van der Waals surface area contributed by atoms with E-state index in [1.165, 1.54) is 263 Å². The van der Waals surface area contributed by atoms with Crippen molar-refractivity contribution >= 4 is 22.1 Å². The third kappa shape index (κ3) is 17.8. The molecule has 3 aromatic carbocycles. The molecule has 0 saturated carbocycles. The van der Waals surface area contributed by atoms with Crippen LogP contribution >= 0.6 is 0 Å². The molecule has 0 saturated heterocycles. The Labute approximate surface area is 393 Å². The first-order chi connectivity index (χ1) is 31.7. The highest BCUT2D eigenvalue weighted by molar-refractivity contribution is 5.90. The van der Waals surface area contributed by atoms with Crippen molar-refractivity contribution in [1.29, 1.82) is 0 Å². The molecule has 2 aromatic heterocycles. The lowest BCUT2D eigenvalue weighted by atomic mass is 10.0. The second kappa shape index (κ2) is 31.5. The minimum atomic E-state index is 1.07. The van der Waals surface area contributed by atoms with Crippen LogP contribution in [0.5, 0.6) is 0 Å². The number of aryl methyl sites for hydroxylation is 4. The maximum absolute atomic E-state index is 2.59. The van der Waals surface area contributed by atoms with E-state index in [4.69, 9.17) is 0 Å². The Hall–Kier alpha value is -3.40. The Morgan fingerprint density at radius 2 is 0.594 bits per heavy atom. The molecule has 0 amide bonds. The topological polar surface area (TPSA) is 17.6 Å². The zero-order valence-electron chi connectivity index (χ0n) is 42.2. The van der Waals surface area contributed by atoms with E-state index in [1.807, 2.05) is 0 Å². The van der Waals surface area contributed by atoms with E-state index in [0.717, 1.165) is 13.1 Å². The van der Waals surface area contributed by atoms with Crippen LogP contribution in [0.3, 0.4) is 0 Å². The number of fused-ring (bicyclic) bond motifs is 2. The summed E-state index contributed by atoms with van der Waals surface area (Å²) in [4.78, 5) is 0. The molecule has 0 aliphatic carbocycles. The minimum absolute atomic E-state index is 1.07. The van der Waals surface area contributed by atoms with Crippen molar-refractivity contribution in [3.8, 4) is 11.4 Å². The summed E-state index contributed by atoms with van der Waals surface area (Å²) in [7, 11) is 0. The highest BCUT2D eigenvalue weighted by Crippen LogP contribution is 2.27. The lowest BCUT2D eigenvalue weighted by Gasteiger charge is -2.04. The predicted octanol–water partition coefficient (Wildman–Crippen LogP) is 17.8. The summed E-state index contributed by atoms with van der Waals surface area (Å²) in [5.41, 5.74) is 10.8. The van der Waals surface area contributed by atoms with E-state index in [2.05, 4.69) is 119 Å². The van der Waals surface area contributed by atoms with E-state index in [1.54, 1.807) is 0 Å². The third-order valence-corrected chi connectivity index (χ3v) is 14.3. The van der Waals surface area contributed by atoms with Gasteiger partial charge in [-0.15, -0.1) is 0 Å². The average Bonchev–Trinajstić information content (AvgIpc) is 3.86. The van der Waals surface area contributed by atoms with Crippen LogP contribution in [0.25, 0.3) is 33.4 Å². The van der Waals surface area contributed by atoms with Gasteiger partial charge in [0, 0.05) is 12.1 Å². The van der Waals surface area contributed by atoms with Gasteiger partial charge in [-0.05, 0) is 86.8 Å². The van der Waals surface area contributed by atoms with Gasteiger partial charge < -0.3 is 0 Å². The second-order valence-corrected chi connectivity index (χ2v) is 19.9. The van der Waals surface area contributed by atoms with Gasteiger partial charge in [-0.3, -0.25) is 0 Å². The van der Waals surface area contributed by atoms with Crippen LogP contribution in [0.1, 0.15) is 244 Å². The molecule has 64 heavy (non-hydrogen) atoms. The van der Waals surface area contributed by atoms with Crippen LogP contribution < -0.4 is 9.13 Å². The normalized spacial score (nSPS) is 11.8. The zero-order chi connectivity index (χ0) is 44.9. The summed E-state index contributed by atoms with van der Waals surface area (Å²) in [6.45, 7) is 11.4. The summed E-state index contributed by atoms with van der Waals surface area (Å²) in [6, 6.07) is 24.2. The van der Waals surface area contributed by atoms with Gasteiger partial charge in [-0.2, -0.15) is 9.13 Å². The maximum atomic E-state index is 2.59. The molecule has 0 atom stereocenters. The third-order valence-electron chi connectivity index (χ3n) is 14.3. The van der Waals surface area contributed by atoms with E-state index < -0.39 is 0 Å². The molecule has 354 valence electrons. The van der Waals surface area contributed by atoms with Gasteiger partial charge in [0.05, 0.1) is 13.1 Å². The van der Waals surface area contributed by atoms with Gasteiger partial charge in [-0.25, -0.2) is 9.13 Å². The minimum Gasteiger partial charge on any atom is -0.229 e. The Morgan fingerprint density at radius 1 is 0.312 bits per heavy atom. The van der Waals surface area contributed by atoms with Crippen molar-refractivity contribution in [1.82, 2.24) is 9.13 Å². The number of aromatic nitrogens is 4. The average molecular weight is 873 g/mol. The molecule has 5 aromatic rings. The summed E-state index contributed by atoms with van der Waals surface area (Å²) >= 11 is 0. The number of imidazole rings is 2. The number of nitrogens with zero attached hydrogens (tertiary/aromatic N) is 4. The van der Waals surface area contributed by atoms with Gasteiger partial charge in [0.25, 0.3) is 0 Å². The lowest BCUT2D eigenvalue weighted by Crippen LogP contribution is -2.34. The van der Waals surface area contributed by atoms with Crippen LogP contribution in [0.15, 0.2) is 73.3 Å². The first-order valence-electron chi connectivity index (χ1n) is 27.8. The van der Waals surface area contributed by atoms with Crippen molar-refractivity contribution in [2.75, 3.05) is 0 Å². The molecule has 2 heterocycles. The van der Waals surface area contributed by atoms with Crippen molar-refractivity contribution in [3.63, 3.8) is 0 Å². The van der Waals surface area contributed by atoms with Crippen LogP contribution in [-0.2, 0) is 25.9 Å². The SMILES string of the molecule is CCCCCCCCCCCC[n+]1cn(-c2ccc(CCCCCCCC)cc2)c2cc3c(cc21)[n+](CCCCCCCCCCCC)cn3-c1ccc(CCCCCCCC)cc1. The fourth-order valence-corrected chi connectivity index (χ4v) is 10.1. The van der Waals surface area contributed by atoms with Crippen molar-refractivity contribution in [3.05, 3.63) is 84.4 Å². The fourth-order valence-electron chi connectivity index (χ4n) is 10.1. The molecule has 0 radical (unpaired) electrons. The van der Waals surface area contributed by atoms with E-state index >= 15 is 0 Å². The van der Waals surface area contributed by atoms with Gasteiger partial charge >= 0.3 is 0 Å². The van der Waals surface area contributed by atoms with Crippen molar-refractivity contribution < 1.29 is 9.13 Å². The Morgan fingerprint density at radius 3 is 0.906 bits per heavy atom. The molecule has 5 rings (SSSR count). The van der Waals surface area contributed by atoms with E-state index in [0.29, 0.717) is 0 Å². The van der Waals surface area contributed by atoms with Crippen LogP contribution in [-0.4, -0.2) is 9.13 Å². The van der Waals surface area contributed by atoms with Gasteiger partial charge in [-0.1, -0.05) is 219 Å². The summed E-state index contributed by atoms with van der Waals surface area (Å²) in [5.74, 6) is 0. The van der Waals surface area contributed by atoms with Crippen LogP contribution in [0.2, 0.25) is 0 Å². The first-order valence-corrected chi connectivity index (χ1v) is 27.8. The van der Waals surface area contributed by atoms with Crippen LogP contribution in [0.4, 0.5) is 0 Å². The molecule has 0 spiro atoms. The van der Waals surface area contributed by atoms with Gasteiger partial charge in [0.2, 0.25) is 12.7 Å². The summed E-state index contributed by atoms with van der Waals surface area (Å²) in [6.07, 6.45) is 50.8. The maximum Gasteiger partial charge on any atom is 0.249 e. The highest BCUT2D eigenvalue weighted by atomic mass is 15.2. The lowest BCUT2D eigenvalue weighted by molar-refractivity contribution is -0.676. The number of benzene rings is 3. The van der Waals surface area contributed by atoms with Gasteiger partial charge in [0.1, 0.15) is 11.4 Å². The Balaban J connectivity index is 1.38. The fraction of sp³-hybridized carbons (Fsp3) is 0.667. The molecule has 0 bridgehead atoms. The largest absolute Gasteiger partial charge is 0.249 e. The molecule has 0 fully saturated rings. The highest BCUT2D eigenvalue weighted by Gasteiger charge is 2.25. The molecular formula is C60H96N4+2. The van der Waals surface area contributed by atoms with Gasteiger partial charge in [0.15, 0.2) is 22.1 Å². The quantitative estimate of drug-likeness (QED) is 0.0278. The van der Waals surface area contributed by atoms with E-state index in [-0.39, 0.29) is 0 Å². The molecule has 0 unspecified atom stereocenters. The monoisotopic (exact) mass is 873 g/mol. The summed E-state index contributed by atoms with van der Waals surface area (Å²) < 4.78 is 10.2. The smallest absolute Gasteiger partial charge is 0.229 e. The first kappa shape index (κ1) is 51.6. The number of unbranched alkanes of at least 4 members (excludes halogenated alkanes) is 28.